The van der Waals surface area contributed by atoms with Crippen LogP contribution in [0.3, 0.4) is 0 Å². The summed E-state index contributed by atoms with van der Waals surface area (Å²) in [6.45, 7) is 3.86. The molecule has 1 aliphatic heterocycles. The third kappa shape index (κ3) is 5.76. The van der Waals surface area contributed by atoms with E-state index in [2.05, 4.69) is 15.5 Å². The molecule has 0 atom stereocenters. The van der Waals surface area contributed by atoms with E-state index in [9.17, 15) is 4.79 Å². The van der Waals surface area contributed by atoms with Crippen LogP contribution in [0.1, 0.15) is 38.5 Å². The lowest BCUT2D eigenvalue weighted by Gasteiger charge is -2.32. The predicted molar refractivity (Wildman–Crippen MR) is 85.8 cm³/mol. The van der Waals surface area contributed by atoms with Gasteiger partial charge in [-0.3, -0.25) is 4.79 Å². The zero-order valence-corrected chi connectivity index (χ0v) is 13.6. The lowest BCUT2D eigenvalue weighted by Crippen LogP contribution is -2.47. The molecule has 3 fully saturated rings. The molecule has 2 aliphatic carbocycles. The molecule has 118 valence electrons. The number of amides is 1. The number of rotatable bonds is 6. The van der Waals surface area contributed by atoms with E-state index in [1.165, 1.54) is 38.8 Å². The summed E-state index contributed by atoms with van der Waals surface area (Å²) in [4.78, 5) is 14.3. The molecule has 1 amide bonds. The monoisotopic (exact) mass is 323 g/mol. The van der Waals surface area contributed by atoms with Gasteiger partial charge in [0, 0.05) is 25.2 Å². The number of nitrogens with zero attached hydrogens (tertiary/aromatic N) is 1. The summed E-state index contributed by atoms with van der Waals surface area (Å²) >= 11 is 0. The van der Waals surface area contributed by atoms with Crippen LogP contribution < -0.4 is 10.6 Å². The van der Waals surface area contributed by atoms with E-state index in [0.717, 1.165) is 31.3 Å². The molecular formula is C14H27Cl2N3O. The second kappa shape index (κ2) is 8.42. The van der Waals surface area contributed by atoms with Crippen molar-refractivity contribution < 1.29 is 4.79 Å². The molecule has 2 saturated carbocycles. The van der Waals surface area contributed by atoms with Gasteiger partial charge in [0.15, 0.2) is 0 Å². The molecular weight excluding hydrogens is 297 g/mol. The Kier molecular flexibility index (Phi) is 7.59. The normalized spacial score (nSPS) is 23.6. The van der Waals surface area contributed by atoms with Gasteiger partial charge in [-0.1, -0.05) is 0 Å². The van der Waals surface area contributed by atoms with Gasteiger partial charge < -0.3 is 15.5 Å². The van der Waals surface area contributed by atoms with Crippen LogP contribution >= 0.6 is 24.8 Å². The first kappa shape index (κ1) is 18.0. The number of likely N-dealkylation sites (tertiary alicyclic amines) is 1. The number of halogens is 2. The summed E-state index contributed by atoms with van der Waals surface area (Å²) in [5.74, 6) is 1.03. The molecule has 6 heteroatoms. The quantitative estimate of drug-likeness (QED) is 0.780. The largest absolute Gasteiger partial charge is 0.352 e. The predicted octanol–water partition coefficient (Wildman–Crippen LogP) is 1.57. The molecule has 0 bridgehead atoms. The topological polar surface area (TPSA) is 44.4 Å². The van der Waals surface area contributed by atoms with Gasteiger partial charge >= 0.3 is 0 Å². The molecule has 0 aromatic rings. The summed E-state index contributed by atoms with van der Waals surface area (Å²) in [7, 11) is 0. The average Bonchev–Trinajstić information content (AvgIpc) is 3.24. The van der Waals surface area contributed by atoms with Gasteiger partial charge in [-0.05, 0) is 51.0 Å². The van der Waals surface area contributed by atoms with E-state index < -0.39 is 0 Å². The van der Waals surface area contributed by atoms with E-state index in [0.29, 0.717) is 12.6 Å². The Labute approximate surface area is 134 Å². The van der Waals surface area contributed by atoms with Gasteiger partial charge in [-0.2, -0.15) is 0 Å². The summed E-state index contributed by atoms with van der Waals surface area (Å²) < 4.78 is 0. The van der Waals surface area contributed by atoms with Crippen LogP contribution in [0.25, 0.3) is 0 Å². The van der Waals surface area contributed by atoms with Crippen molar-refractivity contribution in [2.24, 2.45) is 5.92 Å². The standard InChI is InChI=1S/C14H25N3O.2ClH/c18-14(10-15-9-11-1-2-11)16-12-5-7-17(8-6-12)13-3-4-13;;/h11-13,15H,1-10H2,(H,16,18);2*1H. The molecule has 20 heavy (non-hydrogen) atoms. The van der Waals surface area contributed by atoms with Crippen LogP contribution in [-0.4, -0.2) is 49.1 Å². The lowest BCUT2D eigenvalue weighted by atomic mass is 10.0. The highest BCUT2D eigenvalue weighted by Gasteiger charge is 2.32. The van der Waals surface area contributed by atoms with Crippen LogP contribution in [0.4, 0.5) is 0 Å². The van der Waals surface area contributed by atoms with Crippen molar-refractivity contribution in [3.63, 3.8) is 0 Å². The van der Waals surface area contributed by atoms with Gasteiger partial charge in [0.1, 0.15) is 0 Å². The van der Waals surface area contributed by atoms with E-state index >= 15 is 0 Å². The van der Waals surface area contributed by atoms with E-state index in [1.54, 1.807) is 0 Å². The summed E-state index contributed by atoms with van der Waals surface area (Å²) in [6, 6.07) is 1.29. The fraction of sp³-hybridized carbons (Fsp3) is 0.929. The minimum atomic E-state index is 0. The Bertz CT molecular complexity index is 301. The number of hydrogen-bond donors (Lipinski definition) is 2. The zero-order chi connectivity index (χ0) is 12.4. The molecule has 0 unspecified atom stereocenters. The number of nitrogens with one attached hydrogen (secondary N) is 2. The van der Waals surface area contributed by atoms with Gasteiger partial charge in [0.25, 0.3) is 0 Å². The molecule has 0 spiro atoms. The molecule has 3 rings (SSSR count). The maximum absolute atomic E-state index is 11.8. The van der Waals surface area contributed by atoms with Crippen molar-refractivity contribution in [1.29, 1.82) is 0 Å². The van der Waals surface area contributed by atoms with Gasteiger partial charge in [-0.25, -0.2) is 0 Å². The van der Waals surface area contributed by atoms with Crippen molar-refractivity contribution in [3.05, 3.63) is 0 Å². The van der Waals surface area contributed by atoms with Crippen molar-refractivity contribution in [2.75, 3.05) is 26.2 Å². The van der Waals surface area contributed by atoms with Crippen LogP contribution in [-0.2, 0) is 4.79 Å². The lowest BCUT2D eigenvalue weighted by molar-refractivity contribution is -0.121. The Hall–Kier alpha value is -0.0300. The van der Waals surface area contributed by atoms with E-state index in [4.69, 9.17) is 0 Å². The van der Waals surface area contributed by atoms with Crippen molar-refractivity contribution in [1.82, 2.24) is 15.5 Å². The minimum absolute atomic E-state index is 0. The highest BCUT2D eigenvalue weighted by atomic mass is 35.5. The summed E-state index contributed by atoms with van der Waals surface area (Å²) in [5, 5.41) is 6.42. The maximum Gasteiger partial charge on any atom is 0.234 e. The smallest absolute Gasteiger partial charge is 0.234 e. The van der Waals surface area contributed by atoms with Gasteiger partial charge in [-0.15, -0.1) is 24.8 Å². The third-order valence-electron chi connectivity index (χ3n) is 4.37. The molecule has 0 aromatic carbocycles. The Balaban J connectivity index is 0.000001000. The average molecular weight is 324 g/mol. The Morgan fingerprint density at radius 3 is 2.20 bits per heavy atom. The molecule has 1 heterocycles. The van der Waals surface area contributed by atoms with Crippen LogP contribution in [0.15, 0.2) is 0 Å². The highest BCUT2D eigenvalue weighted by molar-refractivity contribution is 5.85. The first-order valence-corrected chi connectivity index (χ1v) is 7.55. The van der Waals surface area contributed by atoms with E-state index in [1.807, 2.05) is 0 Å². The molecule has 2 N–H and O–H groups in total. The minimum Gasteiger partial charge on any atom is -0.352 e. The third-order valence-corrected chi connectivity index (χ3v) is 4.37. The van der Waals surface area contributed by atoms with Crippen LogP contribution in [0.2, 0.25) is 0 Å². The fourth-order valence-corrected chi connectivity index (χ4v) is 2.84. The first-order chi connectivity index (χ1) is 8.81. The summed E-state index contributed by atoms with van der Waals surface area (Å²) in [6.07, 6.45) is 7.72. The molecule has 0 aromatic heterocycles. The molecule has 3 aliphatic rings. The SMILES string of the molecule is Cl.Cl.O=C(CNCC1CC1)NC1CCN(C2CC2)CC1. The number of piperidine rings is 1. The first-order valence-electron chi connectivity index (χ1n) is 7.55. The van der Waals surface area contributed by atoms with Crippen molar-refractivity contribution >= 4 is 30.7 Å². The van der Waals surface area contributed by atoms with Crippen LogP contribution in [0, 0.1) is 5.92 Å². The summed E-state index contributed by atoms with van der Waals surface area (Å²) in [5.41, 5.74) is 0. The van der Waals surface area contributed by atoms with Crippen LogP contribution in [0.5, 0.6) is 0 Å². The number of carbonyl (C=O) groups excluding carboxylic acids is 1. The van der Waals surface area contributed by atoms with E-state index in [-0.39, 0.29) is 30.7 Å². The number of carbonyl (C=O) groups is 1. The maximum atomic E-state index is 11.8. The van der Waals surface area contributed by atoms with Crippen molar-refractivity contribution in [3.8, 4) is 0 Å². The molecule has 1 saturated heterocycles. The second-order valence-corrected chi connectivity index (χ2v) is 6.18. The molecule has 4 nitrogen and oxygen atoms in total. The fourth-order valence-electron chi connectivity index (χ4n) is 2.84. The number of hydrogen-bond acceptors (Lipinski definition) is 3. The molecule has 0 radical (unpaired) electrons. The Morgan fingerprint density at radius 1 is 1.00 bits per heavy atom. The Morgan fingerprint density at radius 2 is 1.65 bits per heavy atom. The zero-order valence-electron chi connectivity index (χ0n) is 12.0. The van der Waals surface area contributed by atoms with Crippen molar-refractivity contribution in [2.45, 2.75) is 50.6 Å². The van der Waals surface area contributed by atoms with Gasteiger partial charge in [0.2, 0.25) is 5.91 Å². The van der Waals surface area contributed by atoms with Gasteiger partial charge in [0.05, 0.1) is 6.54 Å². The highest BCUT2D eigenvalue weighted by Crippen LogP contribution is 2.29. The second-order valence-electron chi connectivity index (χ2n) is 6.18.